The van der Waals surface area contributed by atoms with Crippen molar-refractivity contribution in [1.29, 1.82) is 0 Å². The van der Waals surface area contributed by atoms with Gasteiger partial charge in [0.2, 0.25) is 11.8 Å². The molecule has 10 heteroatoms. The van der Waals surface area contributed by atoms with Crippen LogP contribution in [0.5, 0.6) is 17.4 Å². The first-order chi connectivity index (χ1) is 14.9. The van der Waals surface area contributed by atoms with E-state index in [-0.39, 0.29) is 12.4 Å². The molecule has 1 unspecified atom stereocenters. The van der Waals surface area contributed by atoms with E-state index in [2.05, 4.69) is 25.5 Å². The van der Waals surface area contributed by atoms with Gasteiger partial charge < -0.3 is 19.8 Å². The molecule has 7 nitrogen and oxygen atoms in total. The van der Waals surface area contributed by atoms with Crippen LogP contribution in [-0.2, 0) is 0 Å². The third-order valence-corrected chi connectivity index (χ3v) is 4.50. The number of allylic oxidation sites excluding steroid dienone is 3. The molecule has 2 heterocycles. The zero-order chi connectivity index (χ0) is 21.8. The maximum atomic E-state index is 13.0. The first-order valence-corrected chi connectivity index (χ1v) is 9.34. The third kappa shape index (κ3) is 5.03. The van der Waals surface area contributed by atoms with E-state index in [9.17, 15) is 13.2 Å². The van der Waals surface area contributed by atoms with Crippen LogP contribution in [0.3, 0.4) is 0 Å². The highest BCUT2D eigenvalue weighted by Crippen LogP contribution is 2.33. The maximum Gasteiger partial charge on any atom is 0.395 e. The second kappa shape index (κ2) is 8.50. The van der Waals surface area contributed by atoms with Crippen molar-refractivity contribution in [1.82, 2.24) is 20.2 Å². The molecule has 3 aromatic rings. The largest absolute Gasteiger partial charge is 0.481 e. The Morgan fingerprint density at radius 2 is 1.97 bits per heavy atom. The third-order valence-electron chi connectivity index (χ3n) is 4.50. The fraction of sp³-hybridized carbons (Fsp3) is 0.190. The van der Waals surface area contributed by atoms with Crippen molar-refractivity contribution in [3.8, 4) is 28.8 Å². The van der Waals surface area contributed by atoms with Gasteiger partial charge in [-0.1, -0.05) is 18.2 Å². The normalized spacial score (nSPS) is 16.0. The number of hydrogen-bond donors (Lipinski definition) is 2. The molecule has 0 radical (unpaired) electrons. The molecule has 1 aliphatic rings. The highest BCUT2D eigenvalue weighted by Gasteiger charge is 2.38. The predicted molar refractivity (Wildman–Crippen MR) is 108 cm³/mol. The summed E-state index contributed by atoms with van der Waals surface area (Å²) in [5.74, 6) is 0.690. The monoisotopic (exact) mass is 429 g/mol. The summed E-state index contributed by atoms with van der Waals surface area (Å²) in [6.07, 6.45) is 1.41. The molecule has 160 valence electrons. The maximum absolute atomic E-state index is 13.0. The minimum absolute atomic E-state index is 0.0769. The molecule has 0 amide bonds. The van der Waals surface area contributed by atoms with E-state index in [1.165, 1.54) is 13.2 Å². The number of anilines is 1. The average Bonchev–Trinajstić information content (AvgIpc) is 3.22. The summed E-state index contributed by atoms with van der Waals surface area (Å²) in [7, 11) is 1.52. The summed E-state index contributed by atoms with van der Waals surface area (Å²) < 4.78 is 49.8. The van der Waals surface area contributed by atoms with Gasteiger partial charge in [0.15, 0.2) is 5.82 Å². The van der Waals surface area contributed by atoms with Crippen LogP contribution < -0.4 is 14.8 Å². The number of H-pyrrole nitrogens is 1. The summed E-state index contributed by atoms with van der Waals surface area (Å²) in [6.45, 7) is 0. The SMILES string of the molecule is COc1cc(Oc2cccc(-c3nnc(NC4=CC(C(F)(F)F)CC=C4)[nH]3)c2)ccn1. The molecule has 31 heavy (non-hydrogen) atoms. The Kier molecular flexibility index (Phi) is 5.61. The van der Waals surface area contributed by atoms with Gasteiger partial charge in [-0.25, -0.2) is 4.98 Å². The number of ether oxygens (including phenoxy) is 2. The summed E-state index contributed by atoms with van der Waals surface area (Å²) in [6, 6.07) is 10.5. The van der Waals surface area contributed by atoms with Crippen molar-refractivity contribution in [2.45, 2.75) is 12.6 Å². The Morgan fingerprint density at radius 3 is 2.77 bits per heavy atom. The Labute approximate surface area is 175 Å². The number of nitrogens with zero attached hydrogens (tertiary/aromatic N) is 3. The molecule has 0 saturated carbocycles. The molecule has 4 rings (SSSR count). The Morgan fingerprint density at radius 1 is 1.13 bits per heavy atom. The zero-order valence-electron chi connectivity index (χ0n) is 16.3. The zero-order valence-corrected chi connectivity index (χ0v) is 16.3. The van der Waals surface area contributed by atoms with Gasteiger partial charge >= 0.3 is 6.18 Å². The van der Waals surface area contributed by atoms with Crippen molar-refractivity contribution in [2.24, 2.45) is 5.92 Å². The average molecular weight is 429 g/mol. The van der Waals surface area contributed by atoms with Gasteiger partial charge in [0, 0.05) is 23.5 Å². The number of alkyl halides is 3. The molecule has 0 saturated heterocycles. The van der Waals surface area contributed by atoms with Gasteiger partial charge in [0.05, 0.1) is 13.0 Å². The second-order valence-electron chi connectivity index (χ2n) is 6.72. The lowest BCUT2D eigenvalue weighted by molar-refractivity contribution is -0.160. The van der Waals surface area contributed by atoms with Crippen LogP contribution in [-0.4, -0.2) is 33.5 Å². The van der Waals surface area contributed by atoms with Gasteiger partial charge in [-0.2, -0.15) is 13.2 Å². The Hall–Kier alpha value is -3.82. The first kappa shape index (κ1) is 20.5. The van der Waals surface area contributed by atoms with Crippen LogP contribution in [0.4, 0.5) is 19.1 Å². The number of halogens is 3. The van der Waals surface area contributed by atoms with Crippen molar-refractivity contribution in [2.75, 3.05) is 12.4 Å². The van der Waals surface area contributed by atoms with E-state index >= 15 is 0 Å². The number of aromatic nitrogens is 4. The van der Waals surface area contributed by atoms with Crippen molar-refractivity contribution < 1.29 is 22.6 Å². The summed E-state index contributed by atoms with van der Waals surface area (Å²) >= 11 is 0. The van der Waals surface area contributed by atoms with Gasteiger partial charge in [0.25, 0.3) is 0 Å². The van der Waals surface area contributed by atoms with Crippen LogP contribution in [0, 0.1) is 5.92 Å². The number of hydrogen-bond acceptors (Lipinski definition) is 6. The fourth-order valence-corrected chi connectivity index (χ4v) is 2.99. The lowest BCUT2D eigenvalue weighted by Gasteiger charge is -2.19. The topological polar surface area (TPSA) is 85.0 Å². The molecule has 1 aromatic carbocycles. The molecule has 1 atom stereocenters. The fourth-order valence-electron chi connectivity index (χ4n) is 2.99. The van der Waals surface area contributed by atoms with Crippen LogP contribution in [0.15, 0.2) is 66.5 Å². The minimum atomic E-state index is -4.29. The minimum Gasteiger partial charge on any atom is -0.481 e. The second-order valence-corrected chi connectivity index (χ2v) is 6.72. The van der Waals surface area contributed by atoms with E-state index in [4.69, 9.17) is 9.47 Å². The van der Waals surface area contributed by atoms with E-state index in [1.54, 1.807) is 42.6 Å². The molecular weight excluding hydrogens is 411 g/mol. The number of methoxy groups -OCH3 is 1. The van der Waals surface area contributed by atoms with Crippen LogP contribution in [0.2, 0.25) is 0 Å². The number of pyridine rings is 1. The number of aromatic amines is 1. The molecule has 2 N–H and O–H groups in total. The summed E-state index contributed by atoms with van der Waals surface area (Å²) in [5.41, 5.74) is 1.00. The van der Waals surface area contributed by atoms with Gasteiger partial charge in [0.1, 0.15) is 11.5 Å². The van der Waals surface area contributed by atoms with Gasteiger partial charge in [-0.05, 0) is 36.8 Å². The summed E-state index contributed by atoms with van der Waals surface area (Å²) in [4.78, 5) is 6.99. The van der Waals surface area contributed by atoms with Crippen molar-refractivity contribution in [3.63, 3.8) is 0 Å². The number of nitrogens with one attached hydrogen (secondary N) is 2. The molecule has 0 fully saturated rings. The highest BCUT2D eigenvalue weighted by atomic mass is 19.4. The summed E-state index contributed by atoms with van der Waals surface area (Å²) in [5, 5.41) is 10.9. The molecule has 0 spiro atoms. The number of rotatable bonds is 6. The van der Waals surface area contributed by atoms with E-state index in [0.717, 1.165) is 6.08 Å². The van der Waals surface area contributed by atoms with Crippen molar-refractivity contribution in [3.05, 3.63) is 66.5 Å². The molecular formula is C21H18F3N5O2. The lowest BCUT2D eigenvalue weighted by Crippen LogP contribution is -2.23. The van der Waals surface area contributed by atoms with E-state index in [1.807, 2.05) is 6.07 Å². The molecule has 0 aliphatic heterocycles. The standard InChI is InChI=1S/C21H18F3N5O2/c1-30-18-12-17(8-9-25-18)31-16-7-2-4-13(10-16)19-27-20(29-28-19)26-15-6-3-5-14(11-15)21(22,23)24/h2-4,6-12,14H,5H2,1H3,(H2,26,27,28,29). The quantitative estimate of drug-likeness (QED) is 0.567. The van der Waals surface area contributed by atoms with Gasteiger partial charge in [-0.15, -0.1) is 10.2 Å². The first-order valence-electron chi connectivity index (χ1n) is 9.34. The Bertz CT molecular complexity index is 1120. The smallest absolute Gasteiger partial charge is 0.395 e. The predicted octanol–water partition coefficient (Wildman–Crippen LogP) is 5.10. The van der Waals surface area contributed by atoms with E-state index in [0.29, 0.717) is 34.5 Å². The number of benzene rings is 1. The van der Waals surface area contributed by atoms with Crippen LogP contribution >= 0.6 is 0 Å². The lowest BCUT2D eigenvalue weighted by atomic mass is 9.99. The van der Waals surface area contributed by atoms with Gasteiger partial charge in [-0.3, -0.25) is 0 Å². The van der Waals surface area contributed by atoms with Crippen LogP contribution in [0.1, 0.15) is 6.42 Å². The van der Waals surface area contributed by atoms with Crippen LogP contribution in [0.25, 0.3) is 11.4 Å². The molecule has 1 aliphatic carbocycles. The molecule has 2 aromatic heterocycles. The Balaban J connectivity index is 1.48. The highest BCUT2D eigenvalue weighted by molar-refractivity contribution is 5.59. The van der Waals surface area contributed by atoms with Crippen molar-refractivity contribution >= 4 is 5.95 Å². The van der Waals surface area contributed by atoms with E-state index < -0.39 is 12.1 Å². The molecule has 0 bridgehead atoms.